The van der Waals surface area contributed by atoms with Crippen LogP contribution in [-0.4, -0.2) is 32.2 Å². The highest BCUT2D eigenvalue weighted by atomic mass is 19.1. The summed E-state index contributed by atoms with van der Waals surface area (Å²) in [5, 5.41) is 22.4. The van der Waals surface area contributed by atoms with Crippen molar-refractivity contribution in [3.8, 4) is 0 Å². The number of aliphatic hydroxyl groups is 1. The Balaban J connectivity index is 1.43. The van der Waals surface area contributed by atoms with Crippen molar-refractivity contribution < 1.29 is 18.7 Å². The van der Waals surface area contributed by atoms with Gasteiger partial charge in [-0.1, -0.05) is 30.3 Å². The number of aromatic nitrogens is 3. The Morgan fingerprint density at radius 1 is 1.24 bits per heavy atom. The van der Waals surface area contributed by atoms with E-state index in [1.165, 1.54) is 6.07 Å². The van der Waals surface area contributed by atoms with Gasteiger partial charge in [0.1, 0.15) is 17.5 Å². The van der Waals surface area contributed by atoms with E-state index in [-0.39, 0.29) is 24.4 Å². The molecule has 9 heteroatoms. The van der Waals surface area contributed by atoms with Crippen molar-refractivity contribution in [1.82, 2.24) is 20.5 Å². The van der Waals surface area contributed by atoms with Gasteiger partial charge in [0.15, 0.2) is 12.1 Å². The summed E-state index contributed by atoms with van der Waals surface area (Å²) in [5.41, 5.74) is 1.38. The lowest BCUT2D eigenvalue weighted by Crippen LogP contribution is -2.42. The zero-order valence-corrected chi connectivity index (χ0v) is 15.3. The lowest BCUT2D eigenvalue weighted by atomic mass is 10.1. The van der Waals surface area contributed by atoms with Gasteiger partial charge in [-0.3, -0.25) is 15.2 Å². The number of aromatic amines is 1. The number of fused-ring (bicyclic) bond motifs is 1. The molecular formula is C20H19F2N5O2. The first-order chi connectivity index (χ1) is 14.0. The van der Waals surface area contributed by atoms with E-state index in [2.05, 4.69) is 25.8 Å². The maximum atomic E-state index is 14.0. The Kier molecular flexibility index (Phi) is 5.32. The van der Waals surface area contributed by atoms with Gasteiger partial charge in [-0.15, -0.1) is 0 Å². The van der Waals surface area contributed by atoms with Crippen molar-refractivity contribution >= 4 is 11.6 Å². The van der Waals surface area contributed by atoms with E-state index in [1.54, 1.807) is 0 Å². The molecule has 4 rings (SSSR count). The molecule has 2 atom stereocenters. The van der Waals surface area contributed by atoms with E-state index in [0.717, 1.165) is 11.6 Å². The van der Waals surface area contributed by atoms with Crippen molar-refractivity contribution in [3.63, 3.8) is 0 Å². The molecule has 7 nitrogen and oxygen atoms in total. The van der Waals surface area contributed by atoms with Crippen LogP contribution >= 0.6 is 0 Å². The van der Waals surface area contributed by atoms with Gasteiger partial charge in [0, 0.05) is 12.5 Å². The molecule has 0 saturated heterocycles. The number of aryl methyl sites for hydroxylation is 1. The molecule has 1 unspecified atom stereocenters. The van der Waals surface area contributed by atoms with Crippen LogP contribution in [0, 0.1) is 11.6 Å². The fourth-order valence-corrected chi connectivity index (χ4v) is 3.33. The van der Waals surface area contributed by atoms with Crippen LogP contribution < -0.4 is 10.6 Å². The van der Waals surface area contributed by atoms with E-state index >= 15 is 0 Å². The van der Waals surface area contributed by atoms with Crippen LogP contribution in [-0.2, 0) is 17.6 Å². The largest absolute Gasteiger partial charge is 0.371 e. The normalized spacial score (nSPS) is 17.3. The van der Waals surface area contributed by atoms with Gasteiger partial charge in [0.2, 0.25) is 5.91 Å². The number of halogens is 2. The maximum Gasteiger partial charge on any atom is 0.241 e. The Morgan fingerprint density at radius 3 is 2.83 bits per heavy atom. The van der Waals surface area contributed by atoms with Gasteiger partial charge < -0.3 is 10.4 Å². The Bertz CT molecular complexity index is 1020. The zero-order valence-electron chi connectivity index (χ0n) is 15.3. The molecule has 1 amide bonds. The molecular weight excluding hydrogens is 380 g/mol. The average molecular weight is 399 g/mol. The number of benzene rings is 2. The molecule has 0 aliphatic carbocycles. The third-order valence-corrected chi connectivity index (χ3v) is 4.77. The molecule has 0 saturated carbocycles. The number of nitrogens with zero attached hydrogens (tertiary/aromatic N) is 2. The Morgan fingerprint density at radius 2 is 2.03 bits per heavy atom. The van der Waals surface area contributed by atoms with Gasteiger partial charge >= 0.3 is 0 Å². The fourth-order valence-electron chi connectivity index (χ4n) is 3.33. The molecule has 29 heavy (non-hydrogen) atoms. The quantitative estimate of drug-likeness (QED) is 0.493. The van der Waals surface area contributed by atoms with Crippen LogP contribution in [0.25, 0.3) is 0 Å². The van der Waals surface area contributed by atoms with Gasteiger partial charge in [0.05, 0.1) is 11.7 Å². The van der Waals surface area contributed by atoms with Crippen LogP contribution in [0.3, 0.4) is 0 Å². The molecule has 0 spiro atoms. The first-order valence-electron chi connectivity index (χ1n) is 9.17. The summed E-state index contributed by atoms with van der Waals surface area (Å²) >= 11 is 0. The summed E-state index contributed by atoms with van der Waals surface area (Å²) < 4.78 is 27.4. The molecule has 4 N–H and O–H groups in total. The molecule has 0 radical (unpaired) electrons. The molecule has 3 aromatic rings. The minimum absolute atomic E-state index is 0.0294. The van der Waals surface area contributed by atoms with Crippen molar-refractivity contribution in [2.75, 3.05) is 5.32 Å². The van der Waals surface area contributed by atoms with Gasteiger partial charge in [-0.05, 0) is 30.0 Å². The molecule has 0 bridgehead atoms. The zero-order chi connectivity index (χ0) is 20.4. The van der Waals surface area contributed by atoms with Crippen LogP contribution in [0.2, 0.25) is 0 Å². The number of carbonyl (C=O) groups excluding carboxylic acids is 1. The second-order valence-corrected chi connectivity index (χ2v) is 6.87. The first-order valence-corrected chi connectivity index (χ1v) is 9.17. The highest BCUT2D eigenvalue weighted by molar-refractivity contribution is 5.96. The van der Waals surface area contributed by atoms with Crippen molar-refractivity contribution in [1.29, 1.82) is 0 Å². The first kappa shape index (κ1) is 19.2. The highest BCUT2D eigenvalue weighted by Gasteiger charge is 2.28. The smallest absolute Gasteiger partial charge is 0.241 e. The number of anilines is 1. The molecule has 1 aliphatic heterocycles. The van der Waals surface area contributed by atoms with Gasteiger partial charge in [0.25, 0.3) is 0 Å². The number of amides is 1. The van der Waals surface area contributed by atoms with Crippen molar-refractivity contribution in [3.05, 3.63) is 76.9 Å². The summed E-state index contributed by atoms with van der Waals surface area (Å²) in [6.07, 6.45) is -0.264. The molecule has 150 valence electrons. The molecule has 1 aromatic heterocycles. The predicted molar refractivity (Wildman–Crippen MR) is 101 cm³/mol. The van der Waals surface area contributed by atoms with Crippen LogP contribution in [0.15, 0.2) is 42.5 Å². The van der Waals surface area contributed by atoms with Crippen molar-refractivity contribution in [2.45, 2.75) is 31.5 Å². The summed E-state index contributed by atoms with van der Waals surface area (Å²) in [6, 6.07) is 10.8. The summed E-state index contributed by atoms with van der Waals surface area (Å²) in [5.74, 6) is -1.37. The van der Waals surface area contributed by atoms with E-state index in [4.69, 9.17) is 0 Å². The van der Waals surface area contributed by atoms with Crippen molar-refractivity contribution in [2.24, 2.45) is 0 Å². The molecule has 2 aromatic carbocycles. The standard InChI is InChI=1S/C20H19F2N5O2/c21-13-9-12-6-7-15(19(28)25-17(12)14(22)10-13)23-20(29)18-24-16(26-27-18)8-11-4-2-1-3-5-11/h1-5,9-10,15,20,23,29H,6-8H2,(H,25,28)(H,24,26,27)/t15-,20?/m0/s1. The minimum Gasteiger partial charge on any atom is -0.371 e. The van der Waals surface area contributed by atoms with E-state index in [0.29, 0.717) is 17.8 Å². The second kappa shape index (κ2) is 8.06. The minimum atomic E-state index is -1.30. The third kappa shape index (κ3) is 4.30. The lowest BCUT2D eigenvalue weighted by molar-refractivity contribution is -0.119. The monoisotopic (exact) mass is 399 g/mol. The van der Waals surface area contributed by atoms with Gasteiger partial charge in [-0.25, -0.2) is 13.8 Å². The number of nitrogens with one attached hydrogen (secondary N) is 3. The average Bonchev–Trinajstić information content (AvgIpc) is 3.10. The lowest BCUT2D eigenvalue weighted by Gasteiger charge is -2.18. The fraction of sp³-hybridized carbons (Fsp3) is 0.250. The number of carbonyl (C=O) groups is 1. The van der Waals surface area contributed by atoms with E-state index in [1.807, 2.05) is 30.3 Å². The topological polar surface area (TPSA) is 103 Å². The summed E-state index contributed by atoms with van der Waals surface area (Å²) in [4.78, 5) is 16.7. The number of H-pyrrole nitrogens is 1. The van der Waals surface area contributed by atoms with Crippen LogP contribution in [0.4, 0.5) is 14.5 Å². The highest BCUT2D eigenvalue weighted by Crippen LogP contribution is 2.27. The molecule has 2 heterocycles. The summed E-state index contributed by atoms with van der Waals surface area (Å²) in [7, 11) is 0. The van der Waals surface area contributed by atoms with Gasteiger partial charge in [-0.2, -0.15) is 5.10 Å². The van der Waals surface area contributed by atoms with E-state index in [9.17, 15) is 18.7 Å². The molecule has 1 aliphatic rings. The number of aliphatic hydroxyl groups excluding tert-OH is 1. The van der Waals surface area contributed by atoms with Crippen LogP contribution in [0.5, 0.6) is 0 Å². The Hall–Kier alpha value is -3.17. The Labute approximate surface area is 165 Å². The van der Waals surface area contributed by atoms with E-state index < -0.39 is 29.8 Å². The SMILES string of the molecule is O=C1Nc2c(F)cc(F)cc2CC[C@@H]1NC(O)c1n[nH]c(Cc2ccccc2)n1. The predicted octanol–water partition coefficient (Wildman–Crippen LogP) is 2.21. The number of hydrogen-bond donors (Lipinski definition) is 4. The maximum absolute atomic E-state index is 14.0. The second-order valence-electron chi connectivity index (χ2n) is 6.87. The number of hydrogen-bond acceptors (Lipinski definition) is 5. The van der Waals surface area contributed by atoms with Crippen LogP contribution in [0.1, 0.15) is 35.4 Å². The third-order valence-electron chi connectivity index (χ3n) is 4.77. The summed E-state index contributed by atoms with van der Waals surface area (Å²) in [6.45, 7) is 0. The molecule has 0 fully saturated rings. The number of rotatable bonds is 5.